The van der Waals surface area contributed by atoms with Crippen molar-refractivity contribution in [1.82, 2.24) is 24.8 Å². The Labute approximate surface area is 224 Å². The first kappa shape index (κ1) is 24.6. The van der Waals surface area contributed by atoms with Gasteiger partial charge in [-0.3, -0.25) is 4.98 Å². The van der Waals surface area contributed by atoms with Crippen molar-refractivity contribution in [2.24, 2.45) is 5.92 Å². The van der Waals surface area contributed by atoms with E-state index in [0.29, 0.717) is 37.0 Å². The zero-order valence-corrected chi connectivity index (χ0v) is 22.3. The van der Waals surface area contributed by atoms with Crippen molar-refractivity contribution < 1.29 is 9.53 Å². The fourth-order valence-electron chi connectivity index (χ4n) is 5.46. The van der Waals surface area contributed by atoms with Gasteiger partial charge in [0.1, 0.15) is 16.9 Å². The molecule has 1 aliphatic carbocycles. The predicted octanol–water partition coefficient (Wildman–Crippen LogP) is 5.24. The van der Waals surface area contributed by atoms with E-state index in [9.17, 15) is 10.1 Å². The first-order valence-electron chi connectivity index (χ1n) is 13.0. The van der Waals surface area contributed by atoms with E-state index in [1.54, 1.807) is 29.0 Å². The van der Waals surface area contributed by atoms with Gasteiger partial charge in [0.15, 0.2) is 5.01 Å². The average Bonchev–Trinajstić information content (AvgIpc) is 3.55. The van der Waals surface area contributed by atoms with Gasteiger partial charge < -0.3 is 14.8 Å². The maximum atomic E-state index is 11.5. The van der Waals surface area contributed by atoms with Crippen molar-refractivity contribution in [2.45, 2.75) is 57.4 Å². The van der Waals surface area contributed by atoms with E-state index in [4.69, 9.17) is 9.72 Å². The van der Waals surface area contributed by atoms with Crippen LogP contribution in [0.2, 0.25) is 0 Å². The highest BCUT2D eigenvalue weighted by molar-refractivity contribution is 7.14. The van der Waals surface area contributed by atoms with Crippen LogP contribution in [0.3, 0.4) is 0 Å². The average molecular weight is 528 g/mol. The Kier molecular flexibility index (Phi) is 6.41. The first-order valence-corrected chi connectivity index (χ1v) is 13.8. The van der Waals surface area contributed by atoms with E-state index in [1.165, 1.54) is 0 Å². The summed E-state index contributed by atoms with van der Waals surface area (Å²) in [5.41, 5.74) is 4.64. The number of hydrogen-bond acceptors (Lipinski definition) is 9. The number of pyridine rings is 1. The van der Waals surface area contributed by atoms with Crippen LogP contribution in [0.5, 0.6) is 0 Å². The van der Waals surface area contributed by atoms with Gasteiger partial charge in [-0.25, -0.2) is 4.52 Å². The second-order valence-electron chi connectivity index (χ2n) is 10.8. The van der Waals surface area contributed by atoms with Crippen LogP contribution in [0.25, 0.3) is 27.5 Å². The van der Waals surface area contributed by atoms with Gasteiger partial charge in [-0.2, -0.15) is 10.4 Å². The fraction of sp³-hybridized carbons (Fsp3) is 0.429. The number of carbonyl (C=O) groups excluding carboxylic acids is 1. The Morgan fingerprint density at radius 2 is 2.03 bits per heavy atom. The molecule has 194 valence electrons. The van der Waals surface area contributed by atoms with E-state index >= 15 is 0 Å². The number of fused-ring (bicyclic) bond motifs is 1. The monoisotopic (exact) mass is 527 g/mol. The molecule has 9 nitrogen and oxygen atoms in total. The number of ether oxygens (including phenoxy) is 1. The van der Waals surface area contributed by atoms with Crippen molar-refractivity contribution in [3.8, 4) is 28.0 Å². The van der Waals surface area contributed by atoms with Crippen molar-refractivity contribution in [3.63, 3.8) is 0 Å². The van der Waals surface area contributed by atoms with E-state index in [0.717, 1.165) is 63.9 Å². The van der Waals surface area contributed by atoms with Gasteiger partial charge in [0.25, 0.3) is 0 Å². The molecule has 6 rings (SSSR count). The molecule has 0 amide bonds. The predicted molar refractivity (Wildman–Crippen MR) is 145 cm³/mol. The minimum atomic E-state index is -0.169. The molecule has 0 atom stereocenters. The molecule has 0 unspecified atom stereocenters. The lowest BCUT2D eigenvalue weighted by Gasteiger charge is -2.40. The van der Waals surface area contributed by atoms with Gasteiger partial charge in [0.05, 0.1) is 53.0 Å². The number of anilines is 1. The van der Waals surface area contributed by atoms with Crippen molar-refractivity contribution in [1.29, 1.82) is 5.26 Å². The molecule has 0 radical (unpaired) electrons. The molecule has 4 aromatic heterocycles. The molecule has 38 heavy (non-hydrogen) atoms. The summed E-state index contributed by atoms with van der Waals surface area (Å²) in [6.45, 7) is 5.08. The molecule has 2 fully saturated rings. The third-order valence-electron chi connectivity index (χ3n) is 7.52. The van der Waals surface area contributed by atoms with Crippen molar-refractivity contribution in [2.75, 3.05) is 18.5 Å². The molecule has 0 spiro atoms. The molecule has 1 N–H and O–H groups in total. The third-order valence-corrected chi connectivity index (χ3v) is 8.64. The Bertz CT molecular complexity index is 1540. The lowest BCUT2D eigenvalue weighted by molar-refractivity contribution is -0.118. The first-order chi connectivity index (χ1) is 18.4. The van der Waals surface area contributed by atoms with Gasteiger partial charge in [0, 0.05) is 24.2 Å². The second kappa shape index (κ2) is 9.89. The molecule has 0 aromatic carbocycles. The summed E-state index contributed by atoms with van der Waals surface area (Å²) >= 11 is 1.63. The van der Waals surface area contributed by atoms with Crippen LogP contribution < -0.4 is 5.32 Å². The fourth-order valence-corrected chi connectivity index (χ4v) is 6.49. The molecule has 2 aliphatic rings. The zero-order chi connectivity index (χ0) is 26.3. The van der Waals surface area contributed by atoms with Gasteiger partial charge in [-0.1, -0.05) is 11.3 Å². The summed E-state index contributed by atoms with van der Waals surface area (Å²) in [5, 5.41) is 28.4. The summed E-state index contributed by atoms with van der Waals surface area (Å²) in [6, 6.07) is 9.89. The SMILES string of the molecule is CC(=O)CC1CCC(c2nnc(-c3cnc(-c4ccc5cc(C#N)cnn45)cc3NC3(C)COC3)s2)CC1. The molecule has 1 aliphatic heterocycles. The third kappa shape index (κ3) is 4.79. The van der Waals surface area contributed by atoms with E-state index in [-0.39, 0.29) is 11.3 Å². The second-order valence-corrected chi connectivity index (χ2v) is 11.8. The van der Waals surface area contributed by atoms with Crippen LogP contribution in [0, 0.1) is 17.2 Å². The van der Waals surface area contributed by atoms with E-state index < -0.39 is 0 Å². The number of nitrogens with one attached hydrogen (secondary N) is 1. The summed E-state index contributed by atoms with van der Waals surface area (Å²) in [6.07, 6.45) is 8.34. The maximum absolute atomic E-state index is 11.5. The zero-order valence-electron chi connectivity index (χ0n) is 21.5. The number of nitriles is 1. The molecule has 4 aromatic rings. The van der Waals surface area contributed by atoms with Gasteiger partial charge >= 0.3 is 0 Å². The normalized spacial score (nSPS) is 20.6. The van der Waals surface area contributed by atoms with Crippen LogP contribution in [-0.4, -0.2) is 49.3 Å². The quantitative estimate of drug-likeness (QED) is 0.347. The molecule has 1 saturated carbocycles. The molecule has 0 bridgehead atoms. The minimum Gasteiger partial charge on any atom is -0.376 e. The van der Waals surface area contributed by atoms with E-state index in [1.807, 2.05) is 30.5 Å². The van der Waals surface area contributed by atoms with Crippen LogP contribution in [0.4, 0.5) is 5.69 Å². The lowest BCUT2D eigenvalue weighted by Crippen LogP contribution is -2.53. The Balaban J connectivity index is 1.30. The lowest BCUT2D eigenvalue weighted by atomic mass is 9.80. The minimum absolute atomic E-state index is 0.169. The van der Waals surface area contributed by atoms with E-state index in [2.05, 4.69) is 33.6 Å². The van der Waals surface area contributed by atoms with Gasteiger partial charge in [0.2, 0.25) is 0 Å². The smallest absolute Gasteiger partial charge is 0.151 e. The number of ketones is 1. The number of Topliss-reactive ketones (excluding diaryl/α,β-unsaturated/α-hetero) is 1. The standard InChI is InChI=1S/C28H29N7O2S/c1-17(36)9-18-3-5-20(6-4-18)26-33-34-27(38-26)22-14-30-24(11-23(22)32-28(2)15-37-16-28)25-8-7-21-10-19(12-29)13-31-35(21)25/h7-8,10-11,13-14,18,20H,3-6,9,15-16H2,1-2H3,(H,30,32). The van der Waals surface area contributed by atoms with Crippen molar-refractivity contribution >= 4 is 28.3 Å². The van der Waals surface area contributed by atoms with Crippen LogP contribution in [-0.2, 0) is 9.53 Å². The van der Waals surface area contributed by atoms with Gasteiger partial charge in [-0.15, -0.1) is 10.2 Å². The highest BCUT2D eigenvalue weighted by atomic mass is 32.1. The largest absolute Gasteiger partial charge is 0.376 e. The maximum Gasteiger partial charge on any atom is 0.151 e. The van der Waals surface area contributed by atoms with Gasteiger partial charge in [-0.05, 0) is 69.7 Å². The number of aromatic nitrogens is 5. The number of nitrogens with zero attached hydrogens (tertiary/aromatic N) is 6. The summed E-state index contributed by atoms with van der Waals surface area (Å²) in [5.74, 6) is 1.17. The summed E-state index contributed by atoms with van der Waals surface area (Å²) in [7, 11) is 0. The molecule has 1 saturated heterocycles. The molecule has 10 heteroatoms. The Hall–Kier alpha value is -3.68. The number of carbonyl (C=O) groups is 1. The molecular formula is C28H29N7O2S. The summed E-state index contributed by atoms with van der Waals surface area (Å²) in [4.78, 5) is 16.3. The molecular weight excluding hydrogens is 498 g/mol. The Morgan fingerprint density at radius 1 is 1.21 bits per heavy atom. The number of hydrogen-bond donors (Lipinski definition) is 1. The topological polar surface area (TPSA) is 118 Å². The highest BCUT2D eigenvalue weighted by Gasteiger charge is 2.34. The van der Waals surface area contributed by atoms with Crippen molar-refractivity contribution in [3.05, 3.63) is 47.2 Å². The number of rotatable bonds is 7. The highest BCUT2D eigenvalue weighted by Crippen LogP contribution is 2.41. The van der Waals surface area contributed by atoms with Crippen LogP contribution >= 0.6 is 11.3 Å². The van der Waals surface area contributed by atoms with Crippen LogP contribution in [0.15, 0.2) is 36.7 Å². The Morgan fingerprint density at radius 3 is 2.74 bits per heavy atom. The summed E-state index contributed by atoms with van der Waals surface area (Å²) < 4.78 is 7.29. The molecule has 5 heterocycles. The van der Waals surface area contributed by atoms with Crippen LogP contribution in [0.1, 0.15) is 62.4 Å².